The highest BCUT2D eigenvalue weighted by molar-refractivity contribution is 5.94. The van der Waals surface area contributed by atoms with E-state index in [9.17, 15) is 14.9 Å². The van der Waals surface area contributed by atoms with Crippen molar-refractivity contribution in [2.75, 3.05) is 7.05 Å². The van der Waals surface area contributed by atoms with Crippen molar-refractivity contribution in [2.45, 2.75) is 19.9 Å². The van der Waals surface area contributed by atoms with E-state index in [1.807, 2.05) is 32.0 Å². The summed E-state index contributed by atoms with van der Waals surface area (Å²) in [5.41, 5.74) is 3.15. The van der Waals surface area contributed by atoms with Crippen LogP contribution in [0.25, 0.3) is 5.69 Å². The molecule has 7 nitrogen and oxygen atoms in total. The van der Waals surface area contributed by atoms with Gasteiger partial charge in [-0.15, -0.1) is 0 Å². The smallest absolute Gasteiger partial charge is 0.269 e. The Bertz CT molecular complexity index is 979. The van der Waals surface area contributed by atoms with Crippen molar-refractivity contribution in [3.63, 3.8) is 0 Å². The Balaban J connectivity index is 1.79. The molecule has 0 aliphatic heterocycles. The standard InChI is InChI=1S/C20H20N4O3/c1-14-11-12-21-23(14)18-9-7-16(8-10-18)20(25)22(3)15(2)17-5-4-6-19(13-17)24(26)27/h4-13,15H,1-3H3/t15-/m1/s1. The highest BCUT2D eigenvalue weighted by Crippen LogP contribution is 2.24. The number of non-ortho nitro benzene ring substituents is 1. The van der Waals surface area contributed by atoms with Gasteiger partial charge in [-0.1, -0.05) is 12.1 Å². The molecule has 0 saturated heterocycles. The van der Waals surface area contributed by atoms with Crippen molar-refractivity contribution < 1.29 is 9.72 Å². The summed E-state index contributed by atoms with van der Waals surface area (Å²) < 4.78 is 1.80. The lowest BCUT2D eigenvalue weighted by Gasteiger charge is -2.25. The molecule has 1 atom stereocenters. The van der Waals surface area contributed by atoms with E-state index in [-0.39, 0.29) is 17.6 Å². The van der Waals surface area contributed by atoms with Crippen LogP contribution in [0.5, 0.6) is 0 Å². The number of hydrogen-bond acceptors (Lipinski definition) is 4. The van der Waals surface area contributed by atoms with Crippen LogP contribution in [0.15, 0.2) is 60.8 Å². The van der Waals surface area contributed by atoms with Crippen LogP contribution in [-0.2, 0) is 0 Å². The zero-order valence-electron chi connectivity index (χ0n) is 15.4. The van der Waals surface area contributed by atoms with E-state index in [1.165, 1.54) is 12.1 Å². The molecule has 1 amide bonds. The quantitative estimate of drug-likeness (QED) is 0.507. The summed E-state index contributed by atoms with van der Waals surface area (Å²) in [6.45, 7) is 3.80. The molecule has 0 unspecified atom stereocenters. The van der Waals surface area contributed by atoms with Crippen molar-refractivity contribution in [3.05, 3.63) is 87.7 Å². The lowest BCUT2D eigenvalue weighted by Crippen LogP contribution is -2.29. The van der Waals surface area contributed by atoms with Crippen LogP contribution in [0.4, 0.5) is 5.69 Å². The Morgan fingerprint density at radius 3 is 2.48 bits per heavy atom. The molecular weight excluding hydrogens is 344 g/mol. The molecule has 0 aliphatic rings. The lowest BCUT2D eigenvalue weighted by atomic mass is 10.1. The number of aryl methyl sites for hydroxylation is 1. The summed E-state index contributed by atoms with van der Waals surface area (Å²) in [6.07, 6.45) is 1.73. The van der Waals surface area contributed by atoms with Gasteiger partial charge in [0.1, 0.15) is 0 Å². The minimum absolute atomic E-state index is 0.0131. The van der Waals surface area contributed by atoms with Gasteiger partial charge in [-0.25, -0.2) is 4.68 Å². The molecule has 2 aromatic carbocycles. The number of carbonyl (C=O) groups excluding carboxylic acids is 1. The predicted molar refractivity (Wildman–Crippen MR) is 102 cm³/mol. The zero-order valence-corrected chi connectivity index (χ0v) is 15.4. The third-order valence-corrected chi connectivity index (χ3v) is 4.66. The van der Waals surface area contributed by atoms with Gasteiger partial charge in [0, 0.05) is 36.6 Å². The molecule has 1 aromatic heterocycles. The van der Waals surface area contributed by atoms with Crippen LogP contribution in [0, 0.1) is 17.0 Å². The van der Waals surface area contributed by atoms with Crippen molar-refractivity contribution >= 4 is 11.6 Å². The molecule has 0 aliphatic carbocycles. The molecule has 1 heterocycles. The summed E-state index contributed by atoms with van der Waals surface area (Å²) >= 11 is 0. The van der Waals surface area contributed by atoms with E-state index < -0.39 is 4.92 Å². The summed E-state index contributed by atoms with van der Waals surface area (Å²) in [5.74, 6) is -0.155. The molecule has 0 spiro atoms. The van der Waals surface area contributed by atoms with Crippen LogP contribution in [0.3, 0.4) is 0 Å². The van der Waals surface area contributed by atoms with Gasteiger partial charge in [0.25, 0.3) is 11.6 Å². The van der Waals surface area contributed by atoms with Gasteiger partial charge in [-0.05, 0) is 49.7 Å². The van der Waals surface area contributed by atoms with Crippen LogP contribution in [0.1, 0.15) is 34.6 Å². The van der Waals surface area contributed by atoms with Crippen LogP contribution < -0.4 is 0 Å². The highest BCUT2D eigenvalue weighted by Gasteiger charge is 2.20. The summed E-state index contributed by atoms with van der Waals surface area (Å²) in [7, 11) is 1.69. The Kier molecular flexibility index (Phi) is 5.03. The molecule has 0 bridgehead atoms. The maximum absolute atomic E-state index is 12.8. The number of nitrogens with zero attached hydrogens (tertiary/aromatic N) is 4. The maximum Gasteiger partial charge on any atom is 0.269 e. The number of hydrogen-bond donors (Lipinski definition) is 0. The molecule has 0 saturated carbocycles. The fraction of sp³-hybridized carbons (Fsp3) is 0.200. The number of benzene rings is 2. The van der Waals surface area contributed by atoms with Crippen molar-refractivity contribution in [1.82, 2.24) is 14.7 Å². The fourth-order valence-electron chi connectivity index (χ4n) is 2.89. The van der Waals surface area contributed by atoms with Crippen molar-refractivity contribution in [2.24, 2.45) is 0 Å². The molecule has 0 N–H and O–H groups in total. The van der Waals surface area contributed by atoms with Crippen LogP contribution in [0.2, 0.25) is 0 Å². The normalized spacial score (nSPS) is 11.8. The summed E-state index contributed by atoms with van der Waals surface area (Å²) in [4.78, 5) is 24.9. The maximum atomic E-state index is 12.8. The monoisotopic (exact) mass is 364 g/mol. The summed E-state index contributed by atoms with van der Waals surface area (Å²) in [6, 6.07) is 15.2. The molecule has 0 fully saturated rings. The second-order valence-corrected chi connectivity index (χ2v) is 6.38. The van der Waals surface area contributed by atoms with E-state index >= 15 is 0 Å². The molecule has 3 rings (SSSR count). The predicted octanol–water partition coefficient (Wildman–Crippen LogP) is 3.92. The van der Waals surface area contributed by atoms with E-state index in [0.717, 1.165) is 11.4 Å². The molecule has 3 aromatic rings. The first-order chi connectivity index (χ1) is 12.9. The topological polar surface area (TPSA) is 81.3 Å². The summed E-state index contributed by atoms with van der Waals surface area (Å²) in [5, 5.41) is 15.2. The third kappa shape index (κ3) is 3.72. The lowest BCUT2D eigenvalue weighted by molar-refractivity contribution is -0.384. The van der Waals surface area contributed by atoms with Crippen molar-refractivity contribution in [1.29, 1.82) is 0 Å². The average Bonchev–Trinajstić information content (AvgIpc) is 3.12. The minimum Gasteiger partial charge on any atom is -0.335 e. The number of carbonyl (C=O) groups is 1. The van der Waals surface area contributed by atoms with Crippen LogP contribution >= 0.6 is 0 Å². The minimum atomic E-state index is -0.436. The highest BCUT2D eigenvalue weighted by atomic mass is 16.6. The van der Waals surface area contributed by atoms with Gasteiger partial charge in [-0.3, -0.25) is 14.9 Å². The Morgan fingerprint density at radius 1 is 1.19 bits per heavy atom. The van der Waals surface area contributed by atoms with Gasteiger partial charge < -0.3 is 4.90 Å². The van der Waals surface area contributed by atoms with Crippen molar-refractivity contribution in [3.8, 4) is 5.69 Å². The molecular formula is C20H20N4O3. The number of aromatic nitrogens is 2. The van der Waals surface area contributed by atoms with Gasteiger partial charge in [0.2, 0.25) is 0 Å². The SMILES string of the molecule is Cc1ccnn1-c1ccc(C(=O)N(C)[C@H](C)c2cccc([N+](=O)[O-])c2)cc1. The third-order valence-electron chi connectivity index (χ3n) is 4.66. The Hall–Kier alpha value is -3.48. The Labute approximate surface area is 157 Å². The number of nitro groups is 1. The van der Waals surface area contributed by atoms with E-state index in [4.69, 9.17) is 0 Å². The Morgan fingerprint density at radius 2 is 1.89 bits per heavy atom. The first-order valence-corrected chi connectivity index (χ1v) is 8.51. The second-order valence-electron chi connectivity index (χ2n) is 6.38. The van der Waals surface area contributed by atoms with Gasteiger partial charge in [0.05, 0.1) is 16.7 Å². The first kappa shape index (κ1) is 18.3. The largest absolute Gasteiger partial charge is 0.335 e. The molecule has 138 valence electrons. The molecule has 27 heavy (non-hydrogen) atoms. The zero-order chi connectivity index (χ0) is 19.6. The van der Waals surface area contributed by atoms with Gasteiger partial charge in [0.15, 0.2) is 0 Å². The van der Waals surface area contributed by atoms with E-state index in [1.54, 1.807) is 47.1 Å². The van der Waals surface area contributed by atoms with E-state index in [2.05, 4.69) is 5.10 Å². The van der Waals surface area contributed by atoms with Gasteiger partial charge >= 0.3 is 0 Å². The molecule has 0 radical (unpaired) electrons. The number of rotatable bonds is 5. The number of nitro benzene ring substituents is 1. The molecule has 7 heteroatoms. The number of amides is 1. The average molecular weight is 364 g/mol. The first-order valence-electron chi connectivity index (χ1n) is 8.51. The van der Waals surface area contributed by atoms with Gasteiger partial charge in [-0.2, -0.15) is 5.10 Å². The van der Waals surface area contributed by atoms with Crippen LogP contribution in [-0.4, -0.2) is 32.6 Å². The van der Waals surface area contributed by atoms with E-state index in [0.29, 0.717) is 11.1 Å². The fourth-order valence-corrected chi connectivity index (χ4v) is 2.89. The second kappa shape index (κ2) is 7.41.